The molecule has 0 aliphatic carbocycles. The highest BCUT2D eigenvalue weighted by atomic mass is 32.1. The minimum Gasteiger partial charge on any atom is -0.478 e. The largest absolute Gasteiger partial charge is 0.478 e. The summed E-state index contributed by atoms with van der Waals surface area (Å²) in [5.74, 6) is -0.933. The molecule has 0 spiro atoms. The molecule has 0 aliphatic heterocycles. The fraction of sp³-hybridized carbons (Fsp3) is 0.133. The van der Waals surface area contributed by atoms with Crippen LogP contribution in [0.4, 0.5) is 0 Å². The number of carbonyl (C=O) groups is 1. The number of ether oxygens (including phenoxy) is 1. The maximum atomic E-state index is 10.5. The Morgan fingerprint density at radius 3 is 2.95 bits per heavy atom. The molecule has 4 heteroatoms. The van der Waals surface area contributed by atoms with E-state index >= 15 is 0 Å². The average Bonchev–Trinajstić information content (AvgIpc) is 2.86. The van der Waals surface area contributed by atoms with Crippen LogP contribution < -0.4 is 0 Å². The van der Waals surface area contributed by atoms with Gasteiger partial charge in [-0.15, -0.1) is 11.3 Å². The van der Waals surface area contributed by atoms with E-state index in [0.29, 0.717) is 6.61 Å². The lowest BCUT2D eigenvalue weighted by Gasteiger charge is -2.02. The Bertz CT molecular complexity index is 599. The van der Waals surface area contributed by atoms with Gasteiger partial charge < -0.3 is 9.84 Å². The van der Waals surface area contributed by atoms with E-state index in [2.05, 4.69) is 6.07 Å². The Hall–Kier alpha value is -1.91. The van der Waals surface area contributed by atoms with Gasteiger partial charge in [-0.25, -0.2) is 4.79 Å². The number of aliphatic carboxylic acids is 1. The van der Waals surface area contributed by atoms with Crippen LogP contribution in [0.25, 0.3) is 16.5 Å². The van der Waals surface area contributed by atoms with Gasteiger partial charge in [0.05, 0.1) is 6.61 Å². The number of hydrogen-bond donors (Lipinski definition) is 1. The average molecular weight is 274 g/mol. The lowest BCUT2D eigenvalue weighted by molar-refractivity contribution is -0.131. The topological polar surface area (TPSA) is 46.5 Å². The number of carboxylic acids is 1. The van der Waals surface area contributed by atoms with Crippen LogP contribution in [0.2, 0.25) is 0 Å². The SMILES string of the molecule is COCc1cccc(-c2ccc(C=CC(=O)O)s2)c1. The second kappa shape index (κ2) is 6.31. The molecular weight excluding hydrogens is 260 g/mol. The Balaban J connectivity index is 2.22. The first kappa shape index (κ1) is 13.5. The second-order valence-corrected chi connectivity index (χ2v) is 5.12. The molecule has 0 aliphatic rings. The van der Waals surface area contributed by atoms with Crippen LogP contribution >= 0.6 is 11.3 Å². The van der Waals surface area contributed by atoms with Gasteiger partial charge in [-0.1, -0.05) is 18.2 Å². The number of thiophene rings is 1. The normalized spacial score (nSPS) is 11.0. The smallest absolute Gasteiger partial charge is 0.328 e. The number of hydrogen-bond acceptors (Lipinski definition) is 3. The summed E-state index contributed by atoms with van der Waals surface area (Å²) >= 11 is 1.56. The van der Waals surface area contributed by atoms with Crippen molar-refractivity contribution in [3.8, 4) is 10.4 Å². The first-order valence-electron chi connectivity index (χ1n) is 5.78. The lowest BCUT2D eigenvalue weighted by atomic mass is 10.1. The predicted octanol–water partition coefficient (Wildman–Crippen LogP) is 3.66. The van der Waals surface area contributed by atoms with E-state index in [9.17, 15) is 4.79 Å². The van der Waals surface area contributed by atoms with E-state index in [1.165, 1.54) is 0 Å². The van der Waals surface area contributed by atoms with Crippen molar-refractivity contribution in [2.75, 3.05) is 7.11 Å². The third-order valence-electron chi connectivity index (χ3n) is 2.54. The molecule has 1 aromatic carbocycles. The minimum atomic E-state index is -0.933. The molecule has 0 amide bonds. The lowest BCUT2D eigenvalue weighted by Crippen LogP contribution is -1.86. The van der Waals surface area contributed by atoms with Gasteiger partial charge in [0.15, 0.2) is 0 Å². The van der Waals surface area contributed by atoms with Crippen LogP contribution in [-0.2, 0) is 16.1 Å². The van der Waals surface area contributed by atoms with Crippen molar-refractivity contribution < 1.29 is 14.6 Å². The van der Waals surface area contributed by atoms with E-state index in [0.717, 1.165) is 27.0 Å². The fourth-order valence-corrected chi connectivity index (χ4v) is 2.64. The van der Waals surface area contributed by atoms with Gasteiger partial charge in [0.1, 0.15) is 0 Å². The molecule has 1 heterocycles. The monoisotopic (exact) mass is 274 g/mol. The number of benzene rings is 1. The summed E-state index contributed by atoms with van der Waals surface area (Å²) in [4.78, 5) is 12.5. The van der Waals surface area contributed by atoms with Gasteiger partial charge in [-0.3, -0.25) is 0 Å². The Kier molecular flexibility index (Phi) is 4.49. The quantitative estimate of drug-likeness (QED) is 0.846. The Morgan fingerprint density at radius 1 is 1.37 bits per heavy atom. The number of methoxy groups -OCH3 is 1. The summed E-state index contributed by atoms with van der Waals surface area (Å²) in [5.41, 5.74) is 2.24. The van der Waals surface area contributed by atoms with E-state index in [1.54, 1.807) is 24.5 Å². The van der Waals surface area contributed by atoms with Crippen LogP contribution in [0.1, 0.15) is 10.4 Å². The summed E-state index contributed by atoms with van der Waals surface area (Å²) < 4.78 is 5.12. The van der Waals surface area contributed by atoms with Crippen LogP contribution in [0.3, 0.4) is 0 Å². The third kappa shape index (κ3) is 3.77. The minimum absolute atomic E-state index is 0.588. The fourth-order valence-electron chi connectivity index (χ4n) is 1.73. The molecular formula is C15H14O3S. The summed E-state index contributed by atoms with van der Waals surface area (Å²) in [7, 11) is 1.67. The molecule has 3 nitrogen and oxygen atoms in total. The standard InChI is InChI=1S/C15H14O3S/c1-18-10-11-3-2-4-12(9-11)14-7-5-13(19-14)6-8-15(16)17/h2-9H,10H2,1H3,(H,16,17). The first-order valence-corrected chi connectivity index (χ1v) is 6.60. The molecule has 0 radical (unpaired) electrons. The van der Waals surface area contributed by atoms with E-state index < -0.39 is 5.97 Å². The van der Waals surface area contributed by atoms with Gasteiger partial charge >= 0.3 is 5.97 Å². The zero-order valence-corrected chi connectivity index (χ0v) is 11.3. The zero-order chi connectivity index (χ0) is 13.7. The van der Waals surface area contributed by atoms with Crippen LogP contribution in [-0.4, -0.2) is 18.2 Å². The van der Waals surface area contributed by atoms with Gasteiger partial charge in [-0.05, 0) is 35.4 Å². The van der Waals surface area contributed by atoms with Gasteiger partial charge in [0.2, 0.25) is 0 Å². The highest BCUT2D eigenvalue weighted by Gasteiger charge is 2.03. The Labute approximate surface area is 115 Å². The summed E-state index contributed by atoms with van der Waals surface area (Å²) in [5, 5.41) is 8.60. The van der Waals surface area contributed by atoms with Crippen molar-refractivity contribution in [3.63, 3.8) is 0 Å². The third-order valence-corrected chi connectivity index (χ3v) is 3.64. The number of carboxylic acid groups (broad SMARTS) is 1. The highest BCUT2D eigenvalue weighted by Crippen LogP contribution is 2.29. The second-order valence-electron chi connectivity index (χ2n) is 4.01. The molecule has 0 bridgehead atoms. The first-order chi connectivity index (χ1) is 9.19. The molecule has 1 aromatic heterocycles. The van der Waals surface area contributed by atoms with Crippen molar-refractivity contribution in [1.82, 2.24) is 0 Å². The molecule has 19 heavy (non-hydrogen) atoms. The van der Waals surface area contributed by atoms with Crippen molar-refractivity contribution in [3.05, 3.63) is 52.9 Å². The predicted molar refractivity (Wildman–Crippen MR) is 77.1 cm³/mol. The molecule has 1 N–H and O–H groups in total. The van der Waals surface area contributed by atoms with Gasteiger partial charge in [-0.2, -0.15) is 0 Å². The maximum Gasteiger partial charge on any atom is 0.328 e. The van der Waals surface area contributed by atoms with Crippen molar-refractivity contribution in [2.24, 2.45) is 0 Å². The van der Waals surface area contributed by atoms with Gasteiger partial charge in [0, 0.05) is 22.9 Å². The molecule has 0 unspecified atom stereocenters. The number of rotatable bonds is 5. The van der Waals surface area contributed by atoms with Crippen molar-refractivity contribution in [2.45, 2.75) is 6.61 Å². The molecule has 0 fully saturated rings. The van der Waals surface area contributed by atoms with E-state index in [1.807, 2.05) is 30.3 Å². The van der Waals surface area contributed by atoms with Crippen molar-refractivity contribution in [1.29, 1.82) is 0 Å². The molecule has 98 valence electrons. The molecule has 2 aromatic rings. The molecule has 0 atom stereocenters. The van der Waals surface area contributed by atoms with Gasteiger partial charge in [0.25, 0.3) is 0 Å². The summed E-state index contributed by atoms with van der Waals surface area (Å²) in [6.45, 7) is 0.588. The van der Waals surface area contributed by atoms with Crippen LogP contribution in [0.15, 0.2) is 42.5 Å². The molecule has 2 rings (SSSR count). The highest BCUT2D eigenvalue weighted by molar-refractivity contribution is 7.16. The van der Waals surface area contributed by atoms with E-state index in [4.69, 9.17) is 9.84 Å². The Morgan fingerprint density at radius 2 is 2.21 bits per heavy atom. The van der Waals surface area contributed by atoms with E-state index in [-0.39, 0.29) is 0 Å². The van der Waals surface area contributed by atoms with Crippen LogP contribution in [0.5, 0.6) is 0 Å². The van der Waals surface area contributed by atoms with Crippen molar-refractivity contribution >= 4 is 23.4 Å². The van der Waals surface area contributed by atoms with Crippen LogP contribution in [0, 0.1) is 0 Å². The zero-order valence-electron chi connectivity index (χ0n) is 10.5. The summed E-state index contributed by atoms with van der Waals surface area (Å²) in [6.07, 6.45) is 2.76. The maximum absolute atomic E-state index is 10.5. The summed E-state index contributed by atoms with van der Waals surface area (Å²) in [6, 6.07) is 12.1. The molecule has 0 saturated heterocycles. The molecule has 0 saturated carbocycles.